The molecule has 0 saturated carbocycles. The van der Waals surface area contributed by atoms with Crippen LogP contribution in [0.25, 0.3) is 0 Å². The summed E-state index contributed by atoms with van der Waals surface area (Å²) < 4.78 is 1.20. The normalized spacial score (nSPS) is 8.11. The molecule has 2 radical (unpaired) electrons. The number of rotatable bonds is 0. The van der Waals surface area contributed by atoms with Gasteiger partial charge >= 0.3 is 57.2 Å². The van der Waals surface area contributed by atoms with E-state index in [0.717, 1.165) is 0 Å². The van der Waals surface area contributed by atoms with Crippen molar-refractivity contribution in [1.82, 2.24) is 0 Å². The van der Waals surface area contributed by atoms with Crippen LogP contribution in [0.1, 0.15) is 5.56 Å². The van der Waals surface area contributed by atoms with Crippen molar-refractivity contribution in [1.29, 1.82) is 0 Å². The van der Waals surface area contributed by atoms with Crippen LogP contribution in [0.2, 0.25) is 0 Å². The van der Waals surface area contributed by atoms with Gasteiger partial charge < -0.3 is 0 Å². The smallest absolute Gasteiger partial charge is 0 e. The molecule has 1 aromatic rings. The van der Waals surface area contributed by atoms with Crippen molar-refractivity contribution >= 4 is 20.5 Å². The minimum Gasteiger partial charge on any atom is 0 e. The van der Waals surface area contributed by atoms with Crippen LogP contribution in [-0.2, 0) is 22.4 Å². The second-order valence-corrected chi connectivity index (χ2v) is 2.80. The van der Waals surface area contributed by atoms with Crippen LogP contribution in [-0.4, -0.2) is 16.0 Å². The van der Waals surface area contributed by atoms with Gasteiger partial charge in [0.25, 0.3) is 0 Å². The van der Waals surface area contributed by atoms with Gasteiger partial charge in [0.15, 0.2) is 0 Å². The molecule has 0 amide bonds. The third kappa shape index (κ3) is 3.24. The Morgan fingerprint density at radius 2 is 1.56 bits per heavy atom. The first kappa shape index (κ1) is 9.48. The molecule has 0 bridgehead atoms. The quantitative estimate of drug-likeness (QED) is 0.615. The van der Waals surface area contributed by atoms with E-state index >= 15 is 0 Å². The van der Waals surface area contributed by atoms with E-state index in [2.05, 4.69) is 47.2 Å². The summed E-state index contributed by atoms with van der Waals surface area (Å²) >= 11 is 2.93. The molecule has 0 unspecified atom stereocenters. The minimum atomic E-state index is 0. The van der Waals surface area contributed by atoms with Crippen molar-refractivity contribution in [3.8, 4) is 0 Å². The topological polar surface area (TPSA) is 0 Å². The molecule has 0 nitrogen and oxygen atoms in total. The zero-order valence-corrected chi connectivity index (χ0v) is 8.21. The minimum absolute atomic E-state index is 0. The van der Waals surface area contributed by atoms with Crippen molar-refractivity contribution in [2.24, 2.45) is 0 Å². The van der Waals surface area contributed by atoms with Gasteiger partial charge in [0.2, 0.25) is 0 Å². The Morgan fingerprint density at radius 1 is 1.11 bits per heavy atom. The Balaban J connectivity index is 0.000000640. The maximum Gasteiger partial charge on any atom is 0 e. The molecule has 52 valence electrons. The number of aryl methyl sites for hydroxylation is 1. The van der Waals surface area contributed by atoms with Crippen LogP contribution in [0.4, 0.5) is 0 Å². The summed E-state index contributed by atoms with van der Waals surface area (Å²) in [5, 5.41) is 0. The van der Waals surface area contributed by atoms with Crippen LogP contribution in [0.15, 0.2) is 24.3 Å². The van der Waals surface area contributed by atoms with Gasteiger partial charge in [-0.25, -0.2) is 0 Å². The molecule has 9 heavy (non-hydrogen) atoms. The fraction of sp³-hybridized carbons (Fsp3) is 0.143. The van der Waals surface area contributed by atoms with E-state index in [-0.39, 0.29) is 22.4 Å². The second kappa shape index (κ2) is 4.32. The average Bonchev–Trinajstić information content (AvgIpc) is 1.77. The molecule has 0 saturated heterocycles. The van der Waals surface area contributed by atoms with Crippen LogP contribution >= 0.6 is 0 Å². The fourth-order valence-corrected chi connectivity index (χ4v) is 0.824. The third-order valence-electron chi connectivity index (χ3n) is 1.02. The van der Waals surface area contributed by atoms with E-state index in [4.69, 9.17) is 0 Å². The first-order valence-electron chi connectivity index (χ1n) is 2.53. The van der Waals surface area contributed by atoms with Crippen molar-refractivity contribution in [2.45, 2.75) is 6.92 Å². The second-order valence-electron chi connectivity index (χ2n) is 1.81. The number of hydrogen-bond donors (Lipinski definition) is 0. The zero-order chi connectivity index (χ0) is 5.98. The summed E-state index contributed by atoms with van der Waals surface area (Å²) in [5.41, 5.74) is 1.31. The molecule has 0 fully saturated rings. The molecule has 2 heteroatoms. The van der Waals surface area contributed by atoms with Crippen LogP contribution in [0, 0.1) is 6.92 Å². The SMILES string of the molecule is Cc1ccc([Se])cc1.[Ag]. The summed E-state index contributed by atoms with van der Waals surface area (Å²) in [6, 6.07) is 8.31. The summed E-state index contributed by atoms with van der Waals surface area (Å²) in [7, 11) is 0. The van der Waals surface area contributed by atoms with Gasteiger partial charge in [-0.3, -0.25) is 0 Å². The Morgan fingerprint density at radius 3 is 1.89 bits per heavy atom. The van der Waals surface area contributed by atoms with Gasteiger partial charge in [-0.2, -0.15) is 0 Å². The Kier molecular flexibility index (Phi) is 4.55. The van der Waals surface area contributed by atoms with E-state index in [0.29, 0.717) is 0 Å². The van der Waals surface area contributed by atoms with Crippen LogP contribution in [0.5, 0.6) is 0 Å². The Bertz CT molecular complexity index is 148. The molecule has 1 aromatic carbocycles. The van der Waals surface area contributed by atoms with Gasteiger partial charge in [0, 0.05) is 22.4 Å². The van der Waals surface area contributed by atoms with Crippen LogP contribution in [0.3, 0.4) is 0 Å². The monoisotopic (exact) mass is 278 g/mol. The number of hydrogen-bond acceptors (Lipinski definition) is 0. The zero-order valence-electron chi connectivity index (χ0n) is 5.02. The largest absolute Gasteiger partial charge is 0 e. The molecule has 0 N–H and O–H groups in total. The molecule has 0 aromatic heterocycles. The maximum absolute atomic E-state index is 2.93. The van der Waals surface area contributed by atoms with Crippen molar-refractivity contribution in [2.75, 3.05) is 0 Å². The molecular weight excluding hydrogens is 271 g/mol. The molecule has 1 rings (SSSR count). The van der Waals surface area contributed by atoms with E-state index < -0.39 is 0 Å². The third-order valence-corrected chi connectivity index (χ3v) is 1.59. The maximum atomic E-state index is 2.93. The van der Waals surface area contributed by atoms with Crippen molar-refractivity contribution < 1.29 is 22.4 Å². The molecule has 0 aliphatic heterocycles. The van der Waals surface area contributed by atoms with Crippen LogP contribution < -0.4 is 4.46 Å². The van der Waals surface area contributed by atoms with E-state index in [1.165, 1.54) is 10.0 Å². The van der Waals surface area contributed by atoms with Gasteiger partial charge in [-0.05, 0) is 0 Å². The van der Waals surface area contributed by atoms with E-state index in [9.17, 15) is 0 Å². The van der Waals surface area contributed by atoms with Gasteiger partial charge in [-0.15, -0.1) is 0 Å². The van der Waals surface area contributed by atoms with Gasteiger partial charge in [-0.1, -0.05) is 0 Å². The Hall–Kier alpha value is 0.480. The first-order chi connectivity index (χ1) is 3.79. The molecule has 0 aliphatic rings. The fourth-order valence-electron chi connectivity index (χ4n) is 0.538. The predicted molar refractivity (Wildman–Crippen MR) is 36.6 cm³/mol. The average molecular weight is 278 g/mol. The predicted octanol–water partition coefficient (Wildman–Crippen LogP) is 0.786. The summed E-state index contributed by atoms with van der Waals surface area (Å²) in [6.07, 6.45) is 0. The van der Waals surface area contributed by atoms with E-state index in [1.54, 1.807) is 0 Å². The Labute approximate surface area is 79.4 Å². The molecule has 0 spiro atoms. The standard InChI is InChI=1S/C7H7Se.Ag/c1-6-2-4-7(8)5-3-6;/h2-5H,1H3;. The summed E-state index contributed by atoms with van der Waals surface area (Å²) in [4.78, 5) is 0. The first-order valence-corrected chi connectivity index (χ1v) is 3.38. The van der Waals surface area contributed by atoms with Crippen molar-refractivity contribution in [3.63, 3.8) is 0 Å². The van der Waals surface area contributed by atoms with Gasteiger partial charge in [0.1, 0.15) is 0 Å². The van der Waals surface area contributed by atoms with E-state index in [1.807, 2.05) is 0 Å². The van der Waals surface area contributed by atoms with Gasteiger partial charge in [0.05, 0.1) is 0 Å². The molecular formula is C7H7AgSe. The molecule has 0 heterocycles. The summed E-state index contributed by atoms with van der Waals surface area (Å²) in [5.74, 6) is 0. The molecule has 0 aliphatic carbocycles. The summed E-state index contributed by atoms with van der Waals surface area (Å²) in [6.45, 7) is 2.08. The molecule has 0 atom stereocenters. The number of benzene rings is 1. The van der Waals surface area contributed by atoms with Crippen molar-refractivity contribution in [3.05, 3.63) is 29.8 Å².